The molecule has 1 heterocycles. The third-order valence-corrected chi connectivity index (χ3v) is 3.68. The Morgan fingerprint density at radius 3 is 2.72 bits per heavy atom. The zero-order valence-corrected chi connectivity index (χ0v) is 11.9. The molecule has 0 N–H and O–H groups in total. The van der Waals surface area contributed by atoms with Gasteiger partial charge >= 0.3 is 0 Å². The molecule has 1 nitrogen and oxygen atoms in total. The Hall–Kier alpha value is -1.26. The monoisotopic (exact) mass is 323 g/mol. The maximum absolute atomic E-state index is 13.1. The number of hydrogen-bond donors (Lipinski definition) is 0. The van der Waals surface area contributed by atoms with E-state index in [2.05, 4.69) is 22.2 Å². The highest BCUT2D eigenvalue weighted by Gasteiger charge is 2.11. The van der Waals surface area contributed by atoms with Crippen molar-refractivity contribution in [1.29, 1.82) is 0 Å². The predicted octanol–water partition coefficient (Wildman–Crippen LogP) is 0.380. The molecule has 0 aliphatic rings. The summed E-state index contributed by atoms with van der Waals surface area (Å²) in [4.78, 5) is 0. The van der Waals surface area contributed by atoms with Crippen molar-refractivity contribution in [3.8, 4) is 0 Å². The Labute approximate surface area is 119 Å². The summed E-state index contributed by atoms with van der Waals surface area (Å²) in [6.45, 7) is 0.710. The van der Waals surface area contributed by atoms with Crippen molar-refractivity contribution < 1.29 is 25.9 Å². The second-order valence-corrected chi connectivity index (χ2v) is 4.84. The van der Waals surface area contributed by atoms with Crippen LogP contribution in [-0.4, -0.2) is 0 Å². The minimum absolute atomic E-state index is 0. The second kappa shape index (κ2) is 5.59. The number of thiazole rings is 1. The van der Waals surface area contributed by atoms with Crippen molar-refractivity contribution in [2.24, 2.45) is 0 Å². The lowest BCUT2D eigenvalue weighted by molar-refractivity contribution is -0.658. The van der Waals surface area contributed by atoms with Gasteiger partial charge in [-0.3, -0.25) is 0 Å². The summed E-state index contributed by atoms with van der Waals surface area (Å²) in [7, 11) is 0. The lowest BCUT2D eigenvalue weighted by Gasteiger charge is -1.96. The summed E-state index contributed by atoms with van der Waals surface area (Å²) < 4.78 is 16.5. The molecular weight excluding hydrogens is 313 g/mol. The normalized spacial score (nSPS) is 10.3. The van der Waals surface area contributed by atoms with Gasteiger partial charge in [-0.1, -0.05) is 35.6 Å². The molecule has 0 amide bonds. The number of para-hydroxylation sites is 1. The van der Waals surface area contributed by atoms with Crippen molar-refractivity contribution in [3.05, 3.63) is 65.4 Å². The molecule has 0 atom stereocenters. The largest absolute Gasteiger partial charge is 1.00 e. The molecule has 0 saturated carbocycles. The van der Waals surface area contributed by atoms with Crippen molar-refractivity contribution in [1.82, 2.24) is 0 Å². The minimum Gasteiger partial charge on any atom is -1.00 e. The first-order valence-electron chi connectivity index (χ1n) is 5.43. The summed E-state index contributed by atoms with van der Waals surface area (Å²) in [6, 6.07) is 15.0. The van der Waals surface area contributed by atoms with Gasteiger partial charge in [-0.15, -0.1) is 0 Å². The number of halogens is 2. The fourth-order valence-corrected chi connectivity index (χ4v) is 2.82. The molecule has 4 heteroatoms. The van der Waals surface area contributed by atoms with E-state index in [9.17, 15) is 4.39 Å². The van der Waals surface area contributed by atoms with E-state index in [-0.39, 0.29) is 22.8 Å². The van der Waals surface area contributed by atoms with Gasteiger partial charge in [-0.05, 0) is 18.2 Å². The molecule has 0 saturated heterocycles. The molecule has 0 unspecified atom stereocenters. The predicted molar refractivity (Wildman–Crippen MR) is 67.5 cm³/mol. The molecule has 1 aromatic heterocycles. The SMILES string of the molecule is Fc1cccc(C[n+]2csc3ccccc32)c1.[Br-]. The zero-order chi connectivity index (χ0) is 11.7. The minimum atomic E-state index is -0.178. The summed E-state index contributed by atoms with van der Waals surface area (Å²) in [5, 5.41) is 0. The van der Waals surface area contributed by atoms with E-state index in [1.165, 1.54) is 16.3 Å². The molecule has 0 spiro atoms. The van der Waals surface area contributed by atoms with Crippen molar-refractivity contribution in [2.75, 3.05) is 0 Å². The van der Waals surface area contributed by atoms with E-state index in [1.807, 2.05) is 18.2 Å². The van der Waals surface area contributed by atoms with Crippen LogP contribution in [0.3, 0.4) is 0 Å². The zero-order valence-electron chi connectivity index (χ0n) is 9.51. The van der Waals surface area contributed by atoms with Gasteiger partial charge in [-0.25, -0.2) is 4.39 Å². The quantitative estimate of drug-likeness (QED) is 0.600. The average molecular weight is 324 g/mol. The Kier molecular flexibility index (Phi) is 4.09. The number of hydrogen-bond acceptors (Lipinski definition) is 1. The van der Waals surface area contributed by atoms with Gasteiger partial charge in [0.2, 0.25) is 11.0 Å². The van der Waals surface area contributed by atoms with Crippen LogP contribution >= 0.6 is 11.3 Å². The second-order valence-electron chi connectivity index (χ2n) is 3.95. The standard InChI is InChI=1S/C14H11FNS.BrH/c15-12-5-3-4-11(8-12)9-16-10-17-14-7-2-1-6-13(14)16;/h1-8,10H,9H2;1H/q+1;/p-1. The van der Waals surface area contributed by atoms with E-state index in [0.717, 1.165) is 5.56 Å². The van der Waals surface area contributed by atoms with Crippen LogP contribution in [0.15, 0.2) is 54.0 Å². The fourth-order valence-electron chi connectivity index (χ4n) is 1.93. The first-order chi connectivity index (χ1) is 8.33. The Morgan fingerprint density at radius 1 is 1.06 bits per heavy atom. The summed E-state index contributed by atoms with van der Waals surface area (Å²) in [5.41, 5.74) is 4.26. The number of fused-ring (bicyclic) bond motifs is 1. The third-order valence-electron chi connectivity index (χ3n) is 2.72. The van der Waals surface area contributed by atoms with Gasteiger partial charge in [0.05, 0.1) is 0 Å². The lowest BCUT2D eigenvalue weighted by Crippen LogP contribution is -3.00. The van der Waals surface area contributed by atoms with Gasteiger partial charge in [0, 0.05) is 11.6 Å². The van der Waals surface area contributed by atoms with Crippen LogP contribution in [0.25, 0.3) is 10.2 Å². The first kappa shape index (κ1) is 13.2. The summed E-state index contributed by atoms with van der Waals surface area (Å²) in [5.74, 6) is -0.178. The van der Waals surface area contributed by atoms with Gasteiger partial charge in [-0.2, -0.15) is 4.57 Å². The van der Waals surface area contributed by atoms with Gasteiger partial charge in [0.25, 0.3) is 0 Å². The molecule has 3 aromatic rings. The van der Waals surface area contributed by atoms with E-state index in [4.69, 9.17) is 0 Å². The summed E-state index contributed by atoms with van der Waals surface area (Å²) in [6.07, 6.45) is 0. The third kappa shape index (κ3) is 2.60. The van der Waals surface area contributed by atoms with Crippen LogP contribution in [0.5, 0.6) is 0 Å². The van der Waals surface area contributed by atoms with Crippen LogP contribution in [0.2, 0.25) is 0 Å². The maximum atomic E-state index is 13.1. The highest BCUT2D eigenvalue weighted by atomic mass is 79.9. The average Bonchev–Trinajstić information content (AvgIpc) is 2.73. The van der Waals surface area contributed by atoms with Crippen LogP contribution in [0.1, 0.15) is 5.56 Å². The van der Waals surface area contributed by atoms with Crippen molar-refractivity contribution in [3.63, 3.8) is 0 Å². The molecule has 0 radical (unpaired) electrons. The number of nitrogens with zero attached hydrogens (tertiary/aromatic N) is 1. The van der Waals surface area contributed by atoms with Crippen LogP contribution in [-0.2, 0) is 6.54 Å². The number of rotatable bonds is 2. The maximum Gasteiger partial charge on any atom is 0.226 e. The molecule has 92 valence electrons. The molecule has 18 heavy (non-hydrogen) atoms. The molecule has 0 aliphatic heterocycles. The van der Waals surface area contributed by atoms with Crippen molar-refractivity contribution >= 4 is 21.6 Å². The molecular formula is C14H11BrFNS. The Balaban J connectivity index is 0.00000120. The fraction of sp³-hybridized carbons (Fsp3) is 0.0714. The Morgan fingerprint density at radius 2 is 1.89 bits per heavy atom. The van der Waals surface area contributed by atoms with E-state index in [1.54, 1.807) is 23.5 Å². The lowest BCUT2D eigenvalue weighted by atomic mass is 10.2. The van der Waals surface area contributed by atoms with E-state index in [0.29, 0.717) is 6.54 Å². The number of aromatic nitrogens is 1. The highest BCUT2D eigenvalue weighted by Crippen LogP contribution is 2.15. The number of benzene rings is 2. The molecule has 2 aromatic carbocycles. The van der Waals surface area contributed by atoms with Gasteiger partial charge in [0.15, 0.2) is 6.54 Å². The van der Waals surface area contributed by atoms with Gasteiger partial charge < -0.3 is 17.0 Å². The highest BCUT2D eigenvalue weighted by molar-refractivity contribution is 7.16. The van der Waals surface area contributed by atoms with Crippen LogP contribution in [0, 0.1) is 5.82 Å². The van der Waals surface area contributed by atoms with E-state index < -0.39 is 0 Å². The van der Waals surface area contributed by atoms with Crippen molar-refractivity contribution in [2.45, 2.75) is 6.54 Å². The molecule has 0 fully saturated rings. The van der Waals surface area contributed by atoms with E-state index >= 15 is 0 Å². The Bertz CT molecular complexity index is 665. The first-order valence-corrected chi connectivity index (χ1v) is 6.31. The topological polar surface area (TPSA) is 3.88 Å². The molecule has 0 bridgehead atoms. The van der Waals surface area contributed by atoms with Crippen LogP contribution < -0.4 is 21.5 Å². The smallest absolute Gasteiger partial charge is 0.226 e. The summed E-state index contributed by atoms with van der Waals surface area (Å²) >= 11 is 1.71. The molecule has 3 rings (SSSR count). The van der Waals surface area contributed by atoms with Crippen LogP contribution in [0.4, 0.5) is 4.39 Å². The molecule has 0 aliphatic carbocycles. The van der Waals surface area contributed by atoms with Gasteiger partial charge in [0.1, 0.15) is 10.5 Å².